The monoisotopic (exact) mass is 478 g/mol. The van der Waals surface area contributed by atoms with Crippen LogP contribution in [0.25, 0.3) is 22.1 Å². The Morgan fingerprint density at radius 1 is 1.00 bits per heavy atom. The maximum Gasteiger partial charge on any atom is 0.336 e. The molecule has 0 fully saturated rings. The van der Waals surface area contributed by atoms with Gasteiger partial charge in [0.25, 0.3) is 0 Å². The summed E-state index contributed by atoms with van der Waals surface area (Å²) >= 11 is 6.62. The number of rotatable bonds is 6. The lowest BCUT2D eigenvalue weighted by molar-refractivity contribution is -0.932. The van der Waals surface area contributed by atoms with Crippen LogP contribution in [0.15, 0.2) is 69.9 Å². The number of halogens is 1. The summed E-state index contributed by atoms with van der Waals surface area (Å²) < 4.78 is 22.5. The summed E-state index contributed by atoms with van der Waals surface area (Å²) in [5, 5.41) is 1.33. The van der Waals surface area contributed by atoms with Gasteiger partial charge in [-0.3, -0.25) is 4.90 Å². The van der Waals surface area contributed by atoms with Gasteiger partial charge in [0.2, 0.25) is 6.73 Å². The molecule has 0 radical (unpaired) electrons. The molecule has 0 spiro atoms. The van der Waals surface area contributed by atoms with Gasteiger partial charge in [-0.25, -0.2) is 4.79 Å². The van der Waals surface area contributed by atoms with E-state index >= 15 is 0 Å². The number of ether oxygens (including phenoxy) is 3. The van der Waals surface area contributed by atoms with Crippen molar-refractivity contribution in [3.05, 3.63) is 87.2 Å². The normalized spacial score (nSPS) is 15.0. The van der Waals surface area contributed by atoms with Gasteiger partial charge in [-0.2, -0.15) is 0 Å². The molecule has 0 saturated carbocycles. The molecule has 1 N–H and O–H groups in total. The van der Waals surface area contributed by atoms with Gasteiger partial charge in [0.1, 0.15) is 6.54 Å². The maximum absolute atomic E-state index is 12.5. The molecular formula is C27H25ClNO5+. The van der Waals surface area contributed by atoms with E-state index in [9.17, 15) is 4.79 Å². The lowest BCUT2D eigenvalue weighted by Gasteiger charge is -2.27. The van der Waals surface area contributed by atoms with Crippen LogP contribution in [-0.2, 0) is 13.0 Å². The summed E-state index contributed by atoms with van der Waals surface area (Å²) in [4.78, 5) is 13.7. The fourth-order valence-electron chi connectivity index (χ4n) is 4.48. The van der Waals surface area contributed by atoms with Crippen LogP contribution >= 0.6 is 11.6 Å². The highest BCUT2D eigenvalue weighted by Gasteiger charge is 2.28. The van der Waals surface area contributed by atoms with Gasteiger partial charge >= 0.3 is 5.63 Å². The summed E-state index contributed by atoms with van der Waals surface area (Å²) in [5.74, 6) is 2.01. The van der Waals surface area contributed by atoms with Crippen molar-refractivity contribution < 1.29 is 23.5 Å². The van der Waals surface area contributed by atoms with Gasteiger partial charge in [0, 0.05) is 17.9 Å². The Bertz CT molecular complexity index is 1400. The molecule has 174 valence electrons. The van der Waals surface area contributed by atoms with Crippen molar-refractivity contribution in [3.8, 4) is 28.4 Å². The van der Waals surface area contributed by atoms with E-state index in [1.165, 1.54) is 11.0 Å². The van der Waals surface area contributed by atoms with Crippen LogP contribution in [0.4, 0.5) is 0 Å². The Morgan fingerprint density at radius 3 is 2.56 bits per heavy atom. The van der Waals surface area contributed by atoms with E-state index < -0.39 is 5.63 Å². The zero-order chi connectivity index (χ0) is 23.7. The van der Waals surface area contributed by atoms with Gasteiger partial charge in [0.15, 0.2) is 22.8 Å². The van der Waals surface area contributed by atoms with E-state index in [4.69, 9.17) is 30.2 Å². The molecule has 1 aliphatic heterocycles. The van der Waals surface area contributed by atoms with Crippen LogP contribution in [0, 0.1) is 0 Å². The number of nitrogens with one attached hydrogen (secondary N) is 1. The quantitative estimate of drug-likeness (QED) is 0.423. The minimum Gasteiger partial charge on any atom is -0.493 e. The van der Waals surface area contributed by atoms with Crippen molar-refractivity contribution in [1.29, 1.82) is 0 Å². The van der Waals surface area contributed by atoms with E-state index in [1.54, 1.807) is 14.2 Å². The van der Waals surface area contributed by atoms with Crippen molar-refractivity contribution in [3.63, 3.8) is 0 Å². The molecule has 1 atom stereocenters. The first-order valence-electron chi connectivity index (χ1n) is 11.1. The Morgan fingerprint density at radius 2 is 1.79 bits per heavy atom. The topological polar surface area (TPSA) is 62.3 Å². The molecule has 0 aliphatic carbocycles. The first-order valence-corrected chi connectivity index (χ1v) is 11.5. The lowest BCUT2D eigenvalue weighted by atomic mass is 9.99. The van der Waals surface area contributed by atoms with Crippen molar-refractivity contribution in [1.82, 2.24) is 0 Å². The highest BCUT2D eigenvalue weighted by molar-refractivity contribution is 6.33. The van der Waals surface area contributed by atoms with Gasteiger partial charge in [-0.15, -0.1) is 0 Å². The molecule has 5 rings (SSSR count). The number of methoxy groups -OCH3 is 2. The van der Waals surface area contributed by atoms with E-state index in [0.717, 1.165) is 40.6 Å². The van der Waals surface area contributed by atoms with Crippen LogP contribution < -0.4 is 24.7 Å². The largest absolute Gasteiger partial charge is 0.493 e. The van der Waals surface area contributed by atoms with Crippen molar-refractivity contribution >= 4 is 22.6 Å². The molecule has 6 nitrogen and oxygen atoms in total. The zero-order valence-electron chi connectivity index (χ0n) is 19.0. The SMILES string of the molecule is COc1ccc(CC[NH+]2COc3c(Cl)cc4c(-c5ccccc5)cc(=O)oc4c3C2)cc1OC. The summed E-state index contributed by atoms with van der Waals surface area (Å²) in [6.45, 7) is 1.94. The summed E-state index contributed by atoms with van der Waals surface area (Å²) in [6.07, 6.45) is 0.825. The Labute approximate surface area is 202 Å². The second-order valence-corrected chi connectivity index (χ2v) is 8.70. The number of benzene rings is 3. The van der Waals surface area contributed by atoms with Crippen molar-refractivity contribution in [2.75, 3.05) is 27.5 Å². The lowest BCUT2D eigenvalue weighted by Crippen LogP contribution is -3.12. The van der Waals surface area contributed by atoms with E-state index in [1.807, 2.05) is 54.6 Å². The van der Waals surface area contributed by atoms with Crippen LogP contribution in [0.2, 0.25) is 5.02 Å². The minimum absolute atomic E-state index is 0.395. The fraction of sp³-hybridized carbons (Fsp3) is 0.222. The number of quaternary nitrogens is 1. The van der Waals surface area contributed by atoms with Gasteiger partial charge in [-0.05, 0) is 34.9 Å². The minimum atomic E-state index is -0.395. The number of hydrogen-bond acceptors (Lipinski definition) is 5. The second-order valence-electron chi connectivity index (χ2n) is 8.29. The van der Waals surface area contributed by atoms with E-state index in [0.29, 0.717) is 41.1 Å². The molecule has 1 aliphatic rings. The average Bonchev–Trinajstić information content (AvgIpc) is 2.88. The van der Waals surface area contributed by atoms with Crippen LogP contribution in [0.3, 0.4) is 0 Å². The van der Waals surface area contributed by atoms with Crippen LogP contribution in [0.5, 0.6) is 17.2 Å². The molecule has 1 aromatic heterocycles. The molecule has 0 bridgehead atoms. The second kappa shape index (κ2) is 9.41. The highest BCUT2D eigenvalue weighted by atomic mass is 35.5. The zero-order valence-corrected chi connectivity index (χ0v) is 19.8. The molecule has 4 aromatic rings. The smallest absolute Gasteiger partial charge is 0.336 e. The number of fused-ring (bicyclic) bond motifs is 3. The predicted molar refractivity (Wildman–Crippen MR) is 131 cm³/mol. The predicted octanol–water partition coefficient (Wildman–Crippen LogP) is 4.11. The molecule has 1 unspecified atom stereocenters. The molecule has 34 heavy (non-hydrogen) atoms. The molecule has 2 heterocycles. The third kappa shape index (κ3) is 4.22. The molecule has 7 heteroatoms. The highest BCUT2D eigenvalue weighted by Crippen LogP contribution is 2.39. The first kappa shape index (κ1) is 22.3. The van der Waals surface area contributed by atoms with Crippen LogP contribution in [0.1, 0.15) is 11.1 Å². The number of hydrogen-bond donors (Lipinski definition) is 1. The first-order chi connectivity index (χ1) is 16.6. The van der Waals surface area contributed by atoms with Gasteiger partial charge in [0.05, 0.1) is 31.4 Å². The standard InChI is InChI=1S/C27H24ClNO5/c1-31-23-9-8-17(12-24(23)32-2)10-11-29-15-21-26-20(13-22(28)27(21)33-16-29)19(14-25(30)34-26)18-6-4-3-5-7-18/h3-9,12-14H,10-11,15-16H2,1-2H3/p+1. The fourth-order valence-corrected chi connectivity index (χ4v) is 4.75. The van der Waals surface area contributed by atoms with Crippen molar-refractivity contribution in [2.24, 2.45) is 0 Å². The van der Waals surface area contributed by atoms with E-state index in [-0.39, 0.29) is 0 Å². The molecule has 3 aromatic carbocycles. The van der Waals surface area contributed by atoms with Gasteiger partial charge in [-0.1, -0.05) is 48.0 Å². The third-order valence-electron chi connectivity index (χ3n) is 6.18. The maximum atomic E-state index is 12.5. The Kier molecular flexibility index (Phi) is 6.18. The molecule has 0 saturated heterocycles. The third-order valence-corrected chi connectivity index (χ3v) is 6.46. The average molecular weight is 479 g/mol. The molecular weight excluding hydrogens is 454 g/mol. The van der Waals surface area contributed by atoms with Crippen LogP contribution in [-0.4, -0.2) is 27.5 Å². The van der Waals surface area contributed by atoms with Gasteiger partial charge < -0.3 is 18.6 Å². The Hall–Kier alpha value is -3.48. The van der Waals surface area contributed by atoms with Crippen molar-refractivity contribution in [2.45, 2.75) is 13.0 Å². The summed E-state index contributed by atoms with van der Waals surface area (Å²) in [6, 6.07) is 19.1. The summed E-state index contributed by atoms with van der Waals surface area (Å²) in [7, 11) is 3.26. The molecule has 0 amide bonds. The Balaban J connectivity index is 1.46. The van der Waals surface area contributed by atoms with E-state index in [2.05, 4.69) is 0 Å². The summed E-state index contributed by atoms with van der Waals surface area (Å²) in [5.41, 5.74) is 3.85.